The van der Waals surface area contributed by atoms with Crippen molar-refractivity contribution in [1.29, 1.82) is 0 Å². The van der Waals surface area contributed by atoms with Gasteiger partial charge in [-0.25, -0.2) is 9.97 Å². The first-order chi connectivity index (χ1) is 9.74. The van der Waals surface area contributed by atoms with Gasteiger partial charge in [0.15, 0.2) is 0 Å². The molecular weight excluding hydrogens is 252 g/mol. The van der Waals surface area contributed by atoms with Crippen LogP contribution in [0.3, 0.4) is 0 Å². The highest BCUT2D eigenvalue weighted by Crippen LogP contribution is 2.22. The Morgan fingerprint density at radius 2 is 2.25 bits per heavy atom. The van der Waals surface area contributed by atoms with Crippen LogP contribution >= 0.6 is 0 Å². The fourth-order valence-electron chi connectivity index (χ4n) is 2.55. The SMILES string of the molecule is CC(C)c1cc(N2CCOCC2CNC2CC2)ncn1. The van der Waals surface area contributed by atoms with E-state index in [9.17, 15) is 0 Å². The third-order valence-electron chi connectivity index (χ3n) is 4.01. The van der Waals surface area contributed by atoms with E-state index in [4.69, 9.17) is 4.74 Å². The summed E-state index contributed by atoms with van der Waals surface area (Å²) in [7, 11) is 0. The molecule has 0 aromatic carbocycles. The quantitative estimate of drug-likeness (QED) is 0.884. The molecule has 0 amide bonds. The average molecular weight is 276 g/mol. The summed E-state index contributed by atoms with van der Waals surface area (Å²) >= 11 is 0. The van der Waals surface area contributed by atoms with E-state index < -0.39 is 0 Å². The Balaban J connectivity index is 1.72. The number of aromatic nitrogens is 2. The van der Waals surface area contributed by atoms with Crippen molar-refractivity contribution in [3.63, 3.8) is 0 Å². The molecule has 0 radical (unpaired) electrons. The summed E-state index contributed by atoms with van der Waals surface area (Å²) in [4.78, 5) is 11.2. The number of nitrogens with zero attached hydrogens (tertiary/aromatic N) is 3. The minimum Gasteiger partial charge on any atom is -0.377 e. The normalized spacial score (nSPS) is 23.4. The Labute approximate surface area is 120 Å². The summed E-state index contributed by atoms with van der Waals surface area (Å²) in [6.45, 7) is 7.77. The summed E-state index contributed by atoms with van der Waals surface area (Å²) in [6, 6.07) is 3.23. The van der Waals surface area contributed by atoms with Gasteiger partial charge in [-0.05, 0) is 18.8 Å². The molecule has 5 nitrogen and oxygen atoms in total. The molecule has 1 atom stereocenters. The number of rotatable bonds is 5. The Bertz CT molecular complexity index is 447. The van der Waals surface area contributed by atoms with Crippen molar-refractivity contribution in [2.45, 2.75) is 44.7 Å². The lowest BCUT2D eigenvalue weighted by atomic mass is 10.1. The minimum absolute atomic E-state index is 0.374. The molecule has 2 fully saturated rings. The van der Waals surface area contributed by atoms with Crippen LogP contribution in [0.2, 0.25) is 0 Å². The van der Waals surface area contributed by atoms with Gasteiger partial charge in [0, 0.05) is 30.9 Å². The monoisotopic (exact) mass is 276 g/mol. The third-order valence-corrected chi connectivity index (χ3v) is 4.01. The lowest BCUT2D eigenvalue weighted by Crippen LogP contribution is -2.51. The van der Waals surface area contributed by atoms with Gasteiger partial charge in [0.25, 0.3) is 0 Å². The average Bonchev–Trinajstić information content (AvgIpc) is 3.30. The molecule has 1 aliphatic heterocycles. The highest BCUT2D eigenvalue weighted by Gasteiger charge is 2.27. The van der Waals surface area contributed by atoms with Crippen LogP contribution in [0.5, 0.6) is 0 Å². The van der Waals surface area contributed by atoms with Crippen molar-refractivity contribution < 1.29 is 4.74 Å². The lowest BCUT2D eigenvalue weighted by molar-refractivity contribution is 0.0932. The Morgan fingerprint density at radius 3 is 3.00 bits per heavy atom. The number of hydrogen-bond donors (Lipinski definition) is 1. The van der Waals surface area contributed by atoms with Gasteiger partial charge in [0.2, 0.25) is 0 Å². The second kappa shape index (κ2) is 6.06. The van der Waals surface area contributed by atoms with Crippen LogP contribution in [0.25, 0.3) is 0 Å². The topological polar surface area (TPSA) is 50.3 Å². The molecule has 1 aromatic rings. The number of nitrogens with one attached hydrogen (secondary N) is 1. The van der Waals surface area contributed by atoms with E-state index in [0.29, 0.717) is 12.0 Å². The maximum Gasteiger partial charge on any atom is 0.132 e. The van der Waals surface area contributed by atoms with Gasteiger partial charge in [0.1, 0.15) is 12.1 Å². The molecule has 0 spiro atoms. The molecule has 20 heavy (non-hydrogen) atoms. The van der Waals surface area contributed by atoms with Crippen LogP contribution in [-0.4, -0.2) is 48.4 Å². The molecule has 3 rings (SSSR count). The zero-order chi connectivity index (χ0) is 13.9. The molecule has 110 valence electrons. The van der Waals surface area contributed by atoms with Gasteiger partial charge in [-0.15, -0.1) is 0 Å². The number of anilines is 1. The molecule has 5 heteroatoms. The highest BCUT2D eigenvalue weighted by molar-refractivity contribution is 5.41. The molecular formula is C15H24N4O. The lowest BCUT2D eigenvalue weighted by Gasteiger charge is -2.36. The molecule has 1 saturated heterocycles. The zero-order valence-electron chi connectivity index (χ0n) is 12.4. The first kappa shape index (κ1) is 13.8. The highest BCUT2D eigenvalue weighted by atomic mass is 16.5. The third kappa shape index (κ3) is 3.27. The number of hydrogen-bond acceptors (Lipinski definition) is 5. The van der Waals surface area contributed by atoms with Crippen LogP contribution in [0, 0.1) is 0 Å². The van der Waals surface area contributed by atoms with Gasteiger partial charge in [-0.3, -0.25) is 0 Å². The molecule has 1 unspecified atom stereocenters. The van der Waals surface area contributed by atoms with Gasteiger partial charge < -0.3 is 15.0 Å². The summed E-state index contributed by atoms with van der Waals surface area (Å²) in [6.07, 6.45) is 4.32. The van der Waals surface area contributed by atoms with E-state index >= 15 is 0 Å². The van der Waals surface area contributed by atoms with E-state index in [-0.39, 0.29) is 0 Å². The fraction of sp³-hybridized carbons (Fsp3) is 0.733. The van der Waals surface area contributed by atoms with Crippen LogP contribution in [-0.2, 0) is 4.74 Å². The summed E-state index contributed by atoms with van der Waals surface area (Å²) in [5.74, 6) is 1.47. The predicted octanol–water partition coefficient (Wildman–Crippen LogP) is 1.56. The standard InChI is InChI=1S/C15H24N4O/c1-11(2)14-7-15(18-10-17-14)19-5-6-20-9-13(19)8-16-12-3-4-12/h7,10-13,16H,3-6,8-9H2,1-2H3. The second-order valence-electron chi connectivity index (χ2n) is 6.06. The number of ether oxygens (including phenoxy) is 1. The van der Waals surface area contributed by atoms with E-state index in [1.807, 2.05) is 0 Å². The van der Waals surface area contributed by atoms with Crippen molar-refractivity contribution in [2.75, 3.05) is 31.2 Å². The summed E-state index contributed by atoms with van der Waals surface area (Å²) in [5, 5.41) is 3.60. The minimum atomic E-state index is 0.374. The van der Waals surface area contributed by atoms with Gasteiger partial charge in [-0.2, -0.15) is 0 Å². The Morgan fingerprint density at radius 1 is 1.40 bits per heavy atom. The van der Waals surface area contributed by atoms with Gasteiger partial charge >= 0.3 is 0 Å². The molecule has 1 aliphatic carbocycles. The van der Waals surface area contributed by atoms with Crippen molar-refractivity contribution in [2.24, 2.45) is 0 Å². The van der Waals surface area contributed by atoms with Crippen LogP contribution in [0.15, 0.2) is 12.4 Å². The smallest absolute Gasteiger partial charge is 0.132 e. The van der Waals surface area contributed by atoms with E-state index in [1.54, 1.807) is 6.33 Å². The van der Waals surface area contributed by atoms with Crippen molar-refractivity contribution in [3.8, 4) is 0 Å². The zero-order valence-corrected chi connectivity index (χ0v) is 12.4. The predicted molar refractivity (Wildman–Crippen MR) is 79.1 cm³/mol. The van der Waals surface area contributed by atoms with Gasteiger partial charge in [-0.1, -0.05) is 13.8 Å². The Hall–Kier alpha value is -1.20. The molecule has 2 heterocycles. The first-order valence-electron chi connectivity index (χ1n) is 7.63. The maximum absolute atomic E-state index is 5.64. The van der Waals surface area contributed by atoms with E-state index in [0.717, 1.165) is 43.9 Å². The van der Waals surface area contributed by atoms with Crippen LogP contribution in [0.1, 0.15) is 38.3 Å². The number of morpholine rings is 1. The molecule has 0 bridgehead atoms. The largest absolute Gasteiger partial charge is 0.377 e. The van der Waals surface area contributed by atoms with Gasteiger partial charge in [0.05, 0.1) is 19.3 Å². The molecule has 1 saturated carbocycles. The van der Waals surface area contributed by atoms with Crippen LogP contribution in [0.4, 0.5) is 5.82 Å². The molecule has 2 aliphatic rings. The summed E-state index contributed by atoms with van der Waals surface area (Å²) in [5.41, 5.74) is 1.11. The molecule has 1 aromatic heterocycles. The van der Waals surface area contributed by atoms with Crippen molar-refractivity contribution >= 4 is 5.82 Å². The second-order valence-corrected chi connectivity index (χ2v) is 6.06. The summed E-state index contributed by atoms with van der Waals surface area (Å²) < 4.78 is 5.64. The maximum atomic E-state index is 5.64. The van der Waals surface area contributed by atoms with Crippen LogP contribution < -0.4 is 10.2 Å². The Kier molecular flexibility index (Phi) is 4.17. The van der Waals surface area contributed by atoms with E-state index in [1.165, 1.54) is 12.8 Å². The van der Waals surface area contributed by atoms with Crippen molar-refractivity contribution in [3.05, 3.63) is 18.1 Å². The van der Waals surface area contributed by atoms with E-state index in [2.05, 4.69) is 40.1 Å². The van der Waals surface area contributed by atoms with Crippen molar-refractivity contribution in [1.82, 2.24) is 15.3 Å². The fourth-order valence-corrected chi connectivity index (χ4v) is 2.55. The molecule has 1 N–H and O–H groups in total. The first-order valence-corrected chi connectivity index (χ1v) is 7.63.